The Balaban J connectivity index is 2.88. The zero-order valence-corrected chi connectivity index (χ0v) is 4.97. The number of nitrogens with zero attached hydrogens (tertiary/aromatic N) is 1. The van der Waals surface area contributed by atoms with Gasteiger partial charge in [-0.15, -0.1) is 12.6 Å². The number of thiol groups is 1. The average molecular weight is 127 g/mol. The van der Waals surface area contributed by atoms with Gasteiger partial charge in [0.25, 0.3) is 0 Å². The van der Waals surface area contributed by atoms with E-state index in [2.05, 4.69) is 17.6 Å². The van der Waals surface area contributed by atoms with E-state index in [1.54, 1.807) is 0 Å². The van der Waals surface area contributed by atoms with Crippen molar-refractivity contribution in [3.63, 3.8) is 0 Å². The molecule has 0 saturated carbocycles. The maximum Gasteiger partial charge on any atom is 0.143 e. The number of allylic oxidation sites excluding steroid dienone is 1. The van der Waals surface area contributed by atoms with Gasteiger partial charge in [-0.1, -0.05) is 0 Å². The lowest BCUT2D eigenvalue weighted by molar-refractivity contribution is 0.426. The zero-order chi connectivity index (χ0) is 5.98. The molecule has 0 aliphatic carbocycles. The number of aliphatic hydroxyl groups excluding tert-OH is 1. The fourth-order valence-electron chi connectivity index (χ4n) is 0.439. The fourth-order valence-corrected chi connectivity index (χ4v) is 0.638. The molecule has 1 N–H and O–H groups in total. The third-order valence-electron chi connectivity index (χ3n) is 0.831. The first kappa shape index (κ1) is 5.44. The summed E-state index contributed by atoms with van der Waals surface area (Å²) in [5, 5.41) is 10.3. The number of rotatable bonds is 0. The van der Waals surface area contributed by atoms with E-state index in [0.717, 1.165) is 0 Å². The van der Waals surface area contributed by atoms with Gasteiger partial charge < -0.3 is 5.11 Å². The Morgan fingerprint density at radius 2 is 2.50 bits per heavy atom. The Kier molecular flexibility index (Phi) is 1.39. The summed E-state index contributed by atoms with van der Waals surface area (Å²) in [6.07, 6.45) is 3.04. The van der Waals surface area contributed by atoms with Crippen LogP contribution >= 0.6 is 12.6 Å². The van der Waals surface area contributed by atoms with Gasteiger partial charge in [0.2, 0.25) is 0 Å². The molecule has 1 aliphatic rings. The Morgan fingerprint density at radius 1 is 1.75 bits per heavy atom. The highest BCUT2D eigenvalue weighted by Gasteiger charge is 2.01. The van der Waals surface area contributed by atoms with Gasteiger partial charge in [0, 0.05) is 12.3 Å². The third kappa shape index (κ3) is 0.767. The second-order valence-corrected chi connectivity index (χ2v) is 1.60. The molecule has 0 unspecified atom stereocenters. The summed E-state index contributed by atoms with van der Waals surface area (Å²) in [6, 6.07) is 0. The minimum Gasteiger partial charge on any atom is -0.506 e. The lowest BCUT2D eigenvalue weighted by Gasteiger charge is -1.87. The normalized spacial score (nSPS) is 22.1. The highest BCUT2D eigenvalue weighted by Crippen LogP contribution is 2.12. The van der Waals surface area contributed by atoms with Crippen LogP contribution in [-0.2, 0) is 0 Å². The summed E-state index contributed by atoms with van der Waals surface area (Å²) in [7, 11) is 0. The molecule has 0 bridgehead atoms. The molecular weight excluding hydrogens is 122 g/mol. The van der Waals surface area contributed by atoms with Crippen LogP contribution < -0.4 is 0 Å². The average Bonchev–Trinajstić information content (AvgIpc) is 2.14. The maximum atomic E-state index is 8.81. The Bertz CT molecular complexity index is 181. The summed E-state index contributed by atoms with van der Waals surface area (Å²) < 4.78 is 0. The smallest absolute Gasteiger partial charge is 0.143 e. The van der Waals surface area contributed by atoms with E-state index in [-0.39, 0.29) is 5.76 Å². The molecule has 1 heterocycles. The van der Waals surface area contributed by atoms with Crippen molar-refractivity contribution >= 4 is 18.8 Å². The summed E-state index contributed by atoms with van der Waals surface area (Å²) in [4.78, 5) is 3.75. The second-order valence-electron chi connectivity index (χ2n) is 1.34. The predicted octanol–water partition coefficient (Wildman–Crippen LogP) is 1.28. The summed E-state index contributed by atoms with van der Waals surface area (Å²) in [5.74, 6) is 0.181. The topological polar surface area (TPSA) is 32.6 Å². The van der Waals surface area contributed by atoms with Crippen LogP contribution in [0.2, 0.25) is 0 Å². The molecule has 8 heavy (non-hydrogen) atoms. The van der Waals surface area contributed by atoms with Crippen LogP contribution in [0.5, 0.6) is 0 Å². The van der Waals surface area contributed by atoms with Crippen molar-refractivity contribution in [3.05, 3.63) is 22.9 Å². The highest BCUT2D eigenvalue weighted by molar-refractivity contribution is 7.83. The van der Waals surface area contributed by atoms with Gasteiger partial charge in [-0.3, -0.25) is 4.99 Å². The van der Waals surface area contributed by atoms with E-state index in [4.69, 9.17) is 5.11 Å². The summed E-state index contributed by atoms with van der Waals surface area (Å²) in [6.45, 7) is 0. The van der Waals surface area contributed by atoms with E-state index in [1.165, 1.54) is 17.7 Å². The first-order valence-corrected chi connectivity index (χ1v) is 2.64. The van der Waals surface area contributed by atoms with Gasteiger partial charge in [-0.05, 0) is 5.41 Å². The Morgan fingerprint density at radius 3 is 2.75 bits per heavy atom. The summed E-state index contributed by atoms with van der Waals surface area (Å²) >= 11 is 3.80. The van der Waals surface area contributed by atoms with E-state index in [9.17, 15) is 0 Å². The lowest BCUT2D eigenvalue weighted by atomic mass is 10.4. The first-order valence-electron chi connectivity index (χ1n) is 2.12. The zero-order valence-electron chi connectivity index (χ0n) is 4.07. The van der Waals surface area contributed by atoms with Gasteiger partial charge in [0.05, 0.1) is 0 Å². The molecule has 0 saturated heterocycles. The van der Waals surface area contributed by atoms with Crippen LogP contribution in [0.25, 0.3) is 0 Å². The van der Waals surface area contributed by atoms with Crippen molar-refractivity contribution in [1.82, 2.24) is 0 Å². The maximum absolute atomic E-state index is 8.81. The van der Waals surface area contributed by atoms with E-state index in [0.29, 0.717) is 5.70 Å². The second kappa shape index (κ2) is 2.05. The van der Waals surface area contributed by atoms with Crippen molar-refractivity contribution in [3.8, 4) is 0 Å². The van der Waals surface area contributed by atoms with Gasteiger partial charge in [0.1, 0.15) is 11.5 Å². The molecule has 0 aromatic carbocycles. The van der Waals surface area contributed by atoms with Crippen LogP contribution in [0.15, 0.2) is 27.9 Å². The van der Waals surface area contributed by atoms with Crippen molar-refractivity contribution < 1.29 is 5.11 Å². The van der Waals surface area contributed by atoms with Crippen molar-refractivity contribution in [2.45, 2.75) is 0 Å². The number of hydrogen-bond donors (Lipinski definition) is 2. The predicted molar refractivity (Wildman–Crippen MR) is 36.3 cm³/mol. The Hall–Kier alpha value is -0.700. The van der Waals surface area contributed by atoms with Crippen LogP contribution in [0.4, 0.5) is 0 Å². The van der Waals surface area contributed by atoms with Gasteiger partial charge in [0.15, 0.2) is 0 Å². The van der Waals surface area contributed by atoms with Crippen LogP contribution in [0.3, 0.4) is 0 Å². The molecule has 2 nitrogen and oxygen atoms in total. The van der Waals surface area contributed by atoms with Crippen LogP contribution in [0.1, 0.15) is 0 Å². The van der Waals surface area contributed by atoms with Gasteiger partial charge in [-0.2, -0.15) is 0 Å². The minimum absolute atomic E-state index is 0.181. The van der Waals surface area contributed by atoms with Gasteiger partial charge in [-0.25, -0.2) is 0 Å². The molecule has 0 aromatic rings. The largest absolute Gasteiger partial charge is 0.506 e. The molecule has 0 atom stereocenters. The highest BCUT2D eigenvalue weighted by atomic mass is 32.1. The molecule has 0 fully saturated rings. The van der Waals surface area contributed by atoms with Crippen LogP contribution in [0, 0.1) is 0 Å². The van der Waals surface area contributed by atoms with Crippen LogP contribution in [-0.4, -0.2) is 11.3 Å². The molecule has 1 aliphatic heterocycles. The number of hydrogen-bond acceptors (Lipinski definition) is 3. The molecule has 42 valence electrons. The molecule has 1 rings (SSSR count). The standard InChI is InChI=1S/C5H5NOS/c7-5-1-2-6-4(5)3-8/h1-3,7-8H/b4-3+. The third-order valence-corrected chi connectivity index (χ3v) is 1.08. The molecule has 3 heteroatoms. The minimum atomic E-state index is 0.181. The van der Waals surface area contributed by atoms with E-state index in [1.807, 2.05) is 0 Å². The van der Waals surface area contributed by atoms with Gasteiger partial charge >= 0.3 is 0 Å². The summed E-state index contributed by atoms with van der Waals surface area (Å²) in [5.41, 5.74) is 0.522. The Labute approximate surface area is 52.7 Å². The monoisotopic (exact) mass is 127 g/mol. The SMILES string of the molecule is OC1=CC=N/C1=C/S. The molecule has 0 spiro atoms. The van der Waals surface area contributed by atoms with E-state index >= 15 is 0 Å². The first-order chi connectivity index (χ1) is 3.84. The van der Waals surface area contributed by atoms with Crippen molar-refractivity contribution in [2.24, 2.45) is 4.99 Å². The molecule has 0 aromatic heterocycles. The van der Waals surface area contributed by atoms with Crippen molar-refractivity contribution in [1.29, 1.82) is 0 Å². The lowest BCUT2D eigenvalue weighted by Crippen LogP contribution is -1.75. The van der Waals surface area contributed by atoms with E-state index < -0.39 is 0 Å². The molecule has 0 radical (unpaired) electrons. The van der Waals surface area contributed by atoms with Crippen molar-refractivity contribution in [2.75, 3.05) is 0 Å². The molecular formula is C5H5NOS. The fraction of sp³-hybridized carbons (Fsp3) is 0. The molecule has 0 amide bonds. The number of aliphatic imine (C=N–C) groups is 1. The quantitative estimate of drug-likeness (QED) is 0.472. The number of aliphatic hydroxyl groups is 1.